The van der Waals surface area contributed by atoms with Gasteiger partial charge in [-0.1, -0.05) is 30.9 Å². The van der Waals surface area contributed by atoms with Crippen LogP contribution in [0, 0.1) is 0 Å². The Balaban J connectivity index is 2.85. The fourth-order valence-electron chi connectivity index (χ4n) is 0.967. The second-order valence-electron chi connectivity index (χ2n) is 2.62. The van der Waals surface area contributed by atoms with Crippen LogP contribution in [0.3, 0.4) is 0 Å². The summed E-state index contributed by atoms with van der Waals surface area (Å²) in [6, 6.07) is 6.78. The maximum Gasteiger partial charge on any atom is 0.421 e. The van der Waals surface area contributed by atoms with E-state index in [1.807, 2.05) is 0 Å². The van der Waals surface area contributed by atoms with Crippen LogP contribution in [-0.2, 0) is 14.0 Å². The average molecular weight is 222 g/mol. The molecule has 4 nitrogen and oxygen atoms in total. The Morgan fingerprint density at radius 1 is 1.27 bits per heavy atom. The first-order valence-corrected chi connectivity index (χ1v) is 5.02. The highest BCUT2D eigenvalue weighted by molar-refractivity contribution is 6.34. The standard InChI is InChI=1S/C10H10O4Si/c1-2-7-5-3-4-6-8(7)13-9(11)10(12)14-15/h2-6H,1H2,15H3. The van der Waals surface area contributed by atoms with E-state index in [2.05, 4.69) is 11.0 Å². The number of ether oxygens (including phenoxy) is 1. The van der Waals surface area contributed by atoms with Crippen molar-refractivity contribution in [2.45, 2.75) is 0 Å². The third kappa shape index (κ3) is 2.78. The van der Waals surface area contributed by atoms with Gasteiger partial charge in [0.2, 0.25) is 10.5 Å². The first kappa shape index (κ1) is 11.2. The van der Waals surface area contributed by atoms with Crippen LogP contribution >= 0.6 is 0 Å². The number of esters is 1. The summed E-state index contributed by atoms with van der Waals surface area (Å²) in [6.45, 7) is 3.56. The van der Waals surface area contributed by atoms with Crippen molar-refractivity contribution in [1.29, 1.82) is 0 Å². The number of para-hydroxylation sites is 1. The minimum Gasteiger partial charge on any atom is -0.521 e. The van der Waals surface area contributed by atoms with Crippen LogP contribution in [0.25, 0.3) is 6.08 Å². The molecule has 78 valence electrons. The summed E-state index contributed by atoms with van der Waals surface area (Å²) in [5.41, 5.74) is 0.645. The zero-order chi connectivity index (χ0) is 11.3. The molecule has 0 atom stereocenters. The average Bonchev–Trinajstić information content (AvgIpc) is 2.28. The second-order valence-corrected chi connectivity index (χ2v) is 3.03. The number of carbonyl (C=O) groups is 2. The van der Waals surface area contributed by atoms with E-state index in [0.717, 1.165) is 0 Å². The summed E-state index contributed by atoms with van der Waals surface area (Å²) in [4.78, 5) is 21.9. The normalized spacial score (nSPS) is 9.33. The second kappa shape index (κ2) is 5.11. The van der Waals surface area contributed by atoms with E-state index in [-0.39, 0.29) is 10.5 Å². The van der Waals surface area contributed by atoms with E-state index < -0.39 is 11.9 Å². The summed E-state index contributed by atoms with van der Waals surface area (Å²) in [5.74, 6) is -1.69. The predicted octanol–water partition coefficient (Wildman–Crippen LogP) is 0.0586. The Morgan fingerprint density at radius 2 is 1.93 bits per heavy atom. The van der Waals surface area contributed by atoms with Crippen LogP contribution in [0.5, 0.6) is 5.75 Å². The van der Waals surface area contributed by atoms with Crippen LogP contribution in [0.1, 0.15) is 5.56 Å². The summed E-state index contributed by atoms with van der Waals surface area (Å²) in [7, 11) is 0.166. The molecule has 0 aromatic heterocycles. The van der Waals surface area contributed by atoms with Crippen LogP contribution in [0.2, 0.25) is 0 Å². The highest BCUT2D eigenvalue weighted by atomic mass is 28.2. The largest absolute Gasteiger partial charge is 0.521 e. The number of rotatable bonds is 2. The SMILES string of the molecule is C=Cc1ccccc1OC(=O)C(=O)O[SiH3]. The highest BCUT2D eigenvalue weighted by Gasteiger charge is 2.16. The zero-order valence-corrected chi connectivity index (χ0v) is 10.2. The molecule has 0 radical (unpaired) electrons. The lowest BCUT2D eigenvalue weighted by molar-refractivity contribution is -0.156. The molecule has 5 heteroatoms. The van der Waals surface area contributed by atoms with Gasteiger partial charge in [0, 0.05) is 5.56 Å². The maximum absolute atomic E-state index is 11.1. The topological polar surface area (TPSA) is 52.6 Å². The first-order valence-electron chi connectivity index (χ1n) is 4.20. The van der Waals surface area contributed by atoms with E-state index in [9.17, 15) is 9.59 Å². The summed E-state index contributed by atoms with van der Waals surface area (Å²) in [5, 5.41) is 0. The Kier molecular flexibility index (Phi) is 3.81. The third-order valence-corrected chi connectivity index (χ3v) is 2.06. The fraction of sp³-hybridized carbons (Fsp3) is 0. The predicted molar refractivity (Wildman–Crippen MR) is 58.2 cm³/mol. The minimum absolute atomic E-state index is 0.166. The molecule has 0 amide bonds. The molecule has 0 bridgehead atoms. The van der Waals surface area contributed by atoms with Crippen molar-refractivity contribution in [2.75, 3.05) is 0 Å². The Labute approximate surface area is 90.0 Å². The molecule has 0 saturated heterocycles. The van der Waals surface area contributed by atoms with Gasteiger partial charge in [0.15, 0.2) is 0 Å². The van der Waals surface area contributed by atoms with Gasteiger partial charge in [0.25, 0.3) is 0 Å². The molecule has 0 aliphatic heterocycles. The van der Waals surface area contributed by atoms with Crippen molar-refractivity contribution >= 4 is 28.5 Å². The van der Waals surface area contributed by atoms with Crippen molar-refractivity contribution in [3.8, 4) is 5.75 Å². The first-order chi connectivity index (χ1) is 7.19. The fourth-order valence-corrected chi connectivity index (χ4v) is 1.13. The van der Waals surface area contributed by atoms with Gasteiger partial charge in [-0.2, -0.15) is 0 Å². The van der Waals surface area contributed by atoms with Crippen molar-refractivity contribution < 1.29 is 18.8 Å². The van der Waals surface area contributed by atoms with Crippen LogP contribution in [0.4, 0.5) is 0 Å². The molecule has 0 aliphatic carbocycles. The number of hydrogen-bond donors (Lipinski definition) is 0. The molecule has 0 aliphatic rings. The van der Waals surface area contributed by atoms with Crippen LogP contribution in [-0.4, -0.2) is 22.4 Å². The van der Waals surface area contributed by atoms with Crippen molar-refractivity contribution in [3.05, 3.63) is 36.4 Å². The van der Waals surface area contributed by atoms with Crippen molar-refractivity contribution in [3.63, 3.8) is 0 Å². The van der Waals surface area contributed by atoms with Gasteiger partial charge in [0.1, 0.15) is 5.75 Å². The van der Waals surface area contributed by atoms with Crippen molar-refractivity contribution in [1.82, 2.24) is 0 Å². The summed E-state index contributed by atoms with van der Waals surface area (Å²) < 4.78 is 9.18. The van der Waals surface area contributed by atoms with E-state index >= 15 is 0 Å². The van der Waals surface area contributed by atoms with Gasteiger partial charge < -0.3 is 9.16 Å². The van der Waals surface area contributed by atoms with Crippen LogP contribution in [0.15, 0.2) is 30.8 Å². The third-order valence-electron chi connectivity index (χ3n) is 1.69. The minimum atomic E-state index is -1.01. The molecule has 0 N–H and O–H groups in total. The van der Waals surface area contributed by atoms with E-state index in [1.54, 1.807) is 24.3 Å². The Bertz CT molecular complexity index is 400. The quantitative estimate of drug-likeness (QED) is 0.307. The molecular formula is C10H10O4Si. The Morgan fingerprint density at radius 3 is 2.53 bits per heavy atom. The number of benzene rings is 1. The van der Waals surface area contributed by atoms with Crippen LogP contribution < -0.4 is 4.74 Å². The lowest BCUT2D eigenvalue weighted by atomic mass is 10.2. The zero-order valence-electron chi connectivity index (χ0n) is 8.23. The monoisotopic (exact) mass is 222 g/mol. The molecule has 0 heterocycles. The summed E-state index contributed by atoms with van der Waals surface area (Å²) >= 11 is 0. The van der Waals surface area contributed by atoms with Gasteiger partial charge in [-0.15, -0.1) is 0 Å². The number of carbonyl (C=O) groups excluding carboxylic acids is 2. The lowest BCUT2D eigenvalue weighted by Crippen LogP contribution is -2.22. The molecule has 0 unspecified atom stereocenters. The molecule has 0 saturated carbocycles. The molecule has 0 fully saturated rings. The van der Waals surface area contributed by atoms with E-state index in [0.29, 0.717) is 11.3 Å². The molecule has 1 aromatic carbocycles. The highest BCUT2D eigenvalue weighted by Crippen LogP contribution is 2.18. The Hall–Kier alpha value is -1.88. The van der Waals surface area contributed by atoms with Gasteiger partial charge in [0.05, 0.1) is 0 Å². The van der Waals surface area contributed by atoms with Gasteiger partial charge in [-0.25, -0.2) is 9.59 Å². The molecular weight excluding hydrogens is 212 g/mol. The lowest BCUT2D eigenvalue weighted by Gasteiger charge is -2.05. The molecule has 1 aromatic rings. The molecule has 0 spiro atoms. The van der Waals surface area contributed by atoms with Gasteiger partial charge in [-0.3, -0.25) is 0 Å². The molecule has 1 rings (SSSR count). The summed E-state index contributed by atoms with van der Waals surface area (Å²) in [6.07, 6.45) is 1.54. The maximum atomic E-state index is 11.1. The van der Waals surface area contributed by atoms with E-state index in [1.165, 1.54) is 6.08 Å². The van der Waals surface area contributed by atoms with Gasteiger partial charge in [-0.05, 0) is 6.07 Å². The smallest absolute Gasteiger partial charge is 0.421 e. The van der Waals surface area contributed by atoms with Gasteiger partial charge >= 0.3 is 11.9 Å². The van der Waals surface area contributed by atoms with Crippen molar-refractivity contribution in [2.24, 2.45) is 0 Å². The molecule has 15 heavy (non-hydrogen) atoms. The number of hydrogen-bond acceptors (Lipinski definition) is 4. The van der Waals surface area contributed by atoms with E-state index in [4.69, 9.17) is 4.74 Å².